The molecular weight excluding hydrogens is 276 g/mol. The number of nitro benzene ring substituents is 1. The smallest absolute Gasteiger partial charge is 0.303 e. The predicted molar refractivity (Wildman–Crippen MR) is 74.0 cm³/mol. The molecule has 1 aromatic rings. The summed E-state index contributed by atoms with van der Waals surface area (Å²) in [6.07, 6.45) is 2.44. The number of hydrogen-bond donors (Lipinski definition) is 2. The molecule has 2 rings (SSSR count). The van der Waals surface area contributed by atoms with Crippen LogP contribution >= 0.6 is 0 Å². The van der Waals surface area contributed by atoms with E-state index in [-0.39, 0.29) is 24.2 Å². The zero-order valence-electron chi connectivity index (χ0n) is 11.4. The number of aliphatic carboxylic acids is 1. The Kier molecular flexibility index (Phi) is 4.21. The second-order valence-electron chi connectivity index (χ2n) is 5.38. The molecule has 2 N–H and O–H groups in total. The standard InChI is InChI=1S/C14H16N2O5/c17-12(18)8-14(6-3-7-14)9-15-13(19)10-4-1-2-5-11(10)16(20)21/h1-2,4-5H,3,6-9H2,(H,15,19)(H,17,18). The molecule has 0 radical (unpaired) electrons. The molecule has 0 aliphatic heterocycles. The lowest BCUT2D eigenvalue weighted by atomic mass is 9.66. The first kappa shape index (κ1) is 15.0. The van der Waals surface area contributed by atoms with Crippen molar-refractivity contribution in [2.75, 3.05) is 6.54 Å². The van der Waals surface area contributed by atoms with Crippen LogP contribution in [0.1, 0.15) is 36.0 Å². The third kappa shape index (κ3) is 3.36. The van der Waals surface area contributed by atoms with Crippen LogP contribution in [-0.4, -0.2) is 28.5 Å². The molecule has 7 heteroatoms. The fourth-order valence-corrected chi connectivity index (χ4v) is 2.60. The van der Waals surface area contributed by atoms with Crippen molar-refractivity contribution in [1.29, 1.82) is 0 Å². The first-order chi connectivity index (χ1) is 9.93. The Balaban J connectivity index is 2.05. The van der Waals surface area contributed by atoms with Gasteiger partial charge in [0.2, 0.25) is 0 Å². The van der Waals surface area contributed by atoms with Crippen LogP contribution in [0.15, 0.2) is 24.3 Å². The summed E-state index contributed by atoms with van der Waals surface area (Å²) in [7, 11) is 0. The number of carbonyl (C=O) groups is 2. The number of para-hydroxylation sites is 1. The maximum Gasteiger partial charge on any atom is 0.303 e. The molecule has 1 aliphatic rings. The molecule has 1 aliphatic carbocycles. The van der Waals surface area contributed by atoms with Crippen LogP contribution in [0.5, 0.6) is 0 Å². The Labute approximate surface area is 121 Å². The lowest BCUT2D eigenvalue weighted by Crippen LogP contribution is -2.43. The minimum atomic E-state index is -0.894. The summed E-state index contributed by atoms with van der Waals surface area (Å²) in [6.45, 7) is 0.226. The van der Waals surface area contributed by atoms with Gasteiger partial charge < -0.3 is 10.4 Å². The van der Waals surface area contributed by atoms with Gasteiger partial charge in [-0.3, -0.25) is 19.7 Å². The SMILES string of the molecule is O=C(O)CC1(CNC(=O)c2ccccc2[N+](=O)[O-])CCC1. The van der Waals surface area contributed by atoms with Crippen LogP contribution in [0.4, 0.5) is 5.69 Å². The normalized spacial score (nSPS) is 15.8. The summed E-state index contributed by atoms with van der Waals surface area (Å²) in [6, 6.07) is 5.70. The van der Waals surface area contributed by atoms with E-state index in [1.807, 2.05) is 0 Å². The first-order valence-electron chi connectivity index (χ1n) is 6.67. The molecule has 0 saturated heterocycles. The van der Waals surface area contributed by atoms with Crippen LogP contribution in [0, 0.1) is 15.5 Å². The lowest BCUT2D eigenvalue weighted by molar-refractivity contribution is -0.385. The number of carbonyl (C=O) groups excluding carboxylic acids is 1. The van der Waals surface area contributed by atoms with Gasteiger partial charge in [0.15, 0.2) is 0 Å². The summed E-state index contributed by atoms with van der Waals surface area (Å²) in [4.78, 5) is 33.2. The Bertz CT molecular complexity index is 580. The molecule has 0 unspecified atom stereocenters. The molecule has 0 aromatic heterocycles. The Morgan fingerprint density at radius 1 is 1.33 bits per heavy atom. The fourth-order valence-electron chi connectivity index (χ4n) is 2.60. The third-order valence-corrected chi connectivity index (χ3v) is 3.91. The maximum atomic E-state index is 12.1. The van der Waals surface area contributed by atoms with E-state index in [1.165, 1.54) is 18.2 Å². The van der Waals surface area contributed by atoms with Gasteiger partial charge in [-0.25, -0.2) is 0 Å². The average molecular weight is 292 g/mol. The fraction of sp³-hybridized carbons (Fsp3) is 0.429. The quantitative estimate of drug-likeness (QED) is 0.615. The van der Waals surface area contributed by atoms with Crippen molar-refractivity contribution in [1.82, 2.24) is 5.32 Å². The first-order valence-corrected chi connectivity index (χ1v) is 6.67. The van der Waals surface area contributed by atoms with Gasteiger partial charge in [0.05, 0.1) is 11.3 Å². The van der Waals surface area contributed by atoms with E-state index in [2.05, 4.69) is 5.32 Å². The molecule has 7 nitrogen and oxygen atoms in total. The zero-order chi connectivity index (χ0) is 15.5. The van der Waals surface area contributed by atoms with Crippen LogP contribution in [0.3, 0.4) is 0 Å². The molecule has 0 spiro atoms. The number of hydrogen-bond acceptors (Lipinski definition) is 4. The summed E-state index contributed by atoms with van der Waals surface area (Å²) < 4.78 is 0. The molecule has 0 heterocycles. The summed E-state index contributed by atoms with van der Waals surface area (Å²) in [5.41, 5.74) is -0.673. The highest BCUT2D eigenvalue weighted by atomic mass is 16.6. The number of nitro groups is 1. The molecule has 1 amide bonds. The molecule has 21 heavy (non-hydrogen) atoms. The highest BCUT2D eigenvalue weighted by Gasteiger charge is 2.39. The number of carboxylic acid groups (broad SMARTS) is 1. The van der Waals surface area contributed by atoms with Gasteiger partial charge in [-0.05, 0) is 24.3 Å². The van der Waals surface area contributed by atoms with E-state index in [9.17, 15) is 19.7 Å². The van der Waals surface area contributed by atoms with E-state index in [1.54, 1.807) is 6.07 Å². The van der Waals surface area contributed by atoms with E-state index < -0.39 is 22.2 Å². The van der Waals surface area contributed by atoms with Gasteiger partial charge >= 0.3 is 5.97 Å². The molecule has 0 atom stereocenters. The van der Waals surface area contributed by atoms with Crippen LogP contribution < -0.4 is 5.32 Å². The molecule has 1 aromatic carbocycles. The molecule has 112 valence electrons. The summed E-state index contributed by atoms with van der Waals surface area (Å²) in [5, 5.41) is 22.4. The van der Waals surface area contributed by atoms with Crippen molar-refractivity contribution in [3.63, 3.8) is 0 Å². The molecule has 0 bridgehead atoms. The van der Waals surface area contributed by atoms with Gasteiger partial charge in [0.1, 0.15) is 5.56 Å². The monoisotopic (exact) mass is 292 g/mol. The zero-order valence-corrected chi connectivity index (χ0v) is 11.4. The van der Waals surface area contributed by atoms with Gasteiger partial charge in [0.25, 0.3) is 11.6 Å². The lowest BCUT2D eigenvalue weighted by Gasteiger charge is -2.40. The number of benzene rings is 1. The minimum absolute atomic E-state index is 0.00413. The minimum Gasteiger partial charge on any atom is -0.481 e. The highest BCUT2D eigenvalue weighted by Crippen LogP contribution is 2.43. The maximum absolute atomic E-state index is 12.1. The van der Waals surface area contributed by atoms with Crippen LogP contribution in [-0.2, 0) is 4.79 Å². The topological polar surface area (TPSA) is 110 Å². The molecule has 1 fully saturated rings. The molecular formula is C14H16N2O5. The van der Waals surface area contributed by atoms with Gasteiger partial charge in [-0.15, -0.1) is 0 Å². The second kappa shape index (κ2) is 5.90. The highest BCUT2D eigenvalue weighted by molar-refractivity contribution is 5.98. The van der Waals surface area contributed by atoms with E-state index in [0.717, 1.165) is 19.3 Å². The van der Waals surface area contributed by atoms with Crippen molar-refractivity contribution >= 4 is 17.6 Å². The number of rotatable bonds is 6. The average Bonchev–Trinajstić information content (AvgIpc) is 2.40. The second-order valence-corrected chi connectivity index (χ2v) is 5.38. The van der Waals surface area contributed by atoms with Crippen molar-refractivity contribution in [2.24, 2.45) is 5.41 Å². The van der Waals surface area contributed by atoms with Crippen molar-refractivity contribution in [2.45, 2.75) is 25.7 Å². The number of carboxylic acids is 1. The third-order valence-electron chi connectivity index (χ3n) is 3.91. The number of nitrogens with zero attached hydrogens (tertiary/aromatic N) is 1. The van der Waals surface area contributed by atoms with E-state index in [0.29, 0.717) is 0 Å². The van der Waals surface area contributed by atoms with Gasteiger partial charge in [-0.1, -0.05) is 18.6 Å². The Morgan fingerprint density at radius 3 is 2.52 bits per heavy atom. The van der Waals surface area contributed by atoms with E-state index in [4.69, 9.17) is 5.11 Å². The number of amides is 1. The summed E-state index contributed by atoms with van der Waals surface area (Å²) >= 11 is 0. The van der Waals surface area contributed by atoms with Crippen LogP contribution in [0.25, 0.3) is 0 Å². The molecule has 1 saturated carbocycles. The predicted octanol–water partition coefficient (Wildman–Crippen LogP) is 1.97. The van der Waals surface area contributed by atoms with Crippen molar-refractivity contribution < 1.29 is 19.6 Å². The van der Waals surface area contributed by atoms with Gasteiger partial charge in [-0.2, -0.15) is 0 Å². The largest absolute Gasteiger partial charge is 0.481 e. The summed E-state index contributed by atoms with van der Waals surface area (Å²) in [5.74, 6) is -1.44. The van der Waals surface area contributed by atoms with Crippen molar-refractivity contribution in [3.8, 4) is 0 Å². The van der Waals surface area contributed by atoms with Gasteiger partial charge in [0, 0.05) is 12.6 Å². The van der Waals surface area contributed by atoms with Crippen molar-refractivity contribution in [3.05, 3.63) is 39.9 Å². The Morgan fingerprint density at radius 2 is 2.00 bits per heavy atom. The van der Waals surface area contributed by atoms with Crippen LogP contribution in [0.2, 0.25) is 0 Å². The Hall–Kier alpha value is -2.44. The number of nitrogens with one attached hydrogen (secondary N) is 1. The van der Waals surface area contributed by atoms with E-state index >= 15 is 0 Å².